The van der Waals surface area contributed by atoms with Crippen molar-refractivity contribution in [2.24, 2.45) is 0 Å². The first kappa shape index (κ1) is 19.4. The standard InChI is InChI=1S/C20H23N3O3S/c1-14-3-6-17(7-4-14)27-19-8-5-15(13-18(19)23(25)26)20(24)22-11-9-16(21-2)10-12-22/h3-8,13,16,21H,9-12H2,1-2H3. The number of carbonyl (C=O) groups is 1. The summed E-state index contributed by atoms with van der Waals surface area (Å²) in [6, 6.07) is 13.0. The molecule has 0 aromatic heterocycles. The van der Waals surface area contributed by atoms with Gasteiger partial charge in [-0.25, -0.2) is 0 Å². The number of rotatable bonds is 5. The number of nitro benzene ring substituents is 1. The van der Waals surface area contributed by atoms with E-state index in [1.807, 2.05) is 38.2 Å². The number of nitrogens with one attached hydrogen (secondary N) is 1. The highest BCUT2D eigenvalue weighted by Crippen LogP contribution is 2.35. The van der Waals surface area contributed by atoms with E-state index in [2.05, 4.69) is 5.32 Å². The van der Waals surface area contributed by atoms with Gasteiger partial charge in [-0.3, -0.25) is 14.9 Å². The first-order valence-corrected chi connectivity index (χ1v) is 9.79. The van der Waals surface area contributed by atoms with E-state index in [0.717, 1.165) is 23.3 Å². The normalized spacial score (nSPS) is 15.0. The molecule has 142 valence electrons. The van der Waals surface area contributed by atoms with Crippen LogP contribution in [0.3, 0.4) is 0 Å². The van der Waals surface area contributed by atoms with E-state index >= 15 is 0 Å². The van der Waals surface area contributed by atoms with Crippen molar-refractivity contribution in [3.63, 3.8) is 0 Å². The molecule has 1 aliphatic heterocycles. The van der Waals surface area contributed by atoms with Crippen LogP contribution in [0.2, 0.25) is 0 Å². The third-order valence-corrected chi connectivity index (χ3v) is 5.91. The maximum absolute atomic E-state index is 12.8. The Morgan fingerprint density at radius 1 is 1.19 bits per heavy atom. The summed E-state index contributed by atoms with van der Waals surface area (Å²) in [5.41, 5.74) is 1.48. The molecule has 2 aromatic rings. The summed E-state index contributed by atoms with van der Waals surface area (Å²) in [6.07, 6.45) is 1.79. The van der Waals surface area contributed by atoms with Gasteiger partial charge in [0.05, 0.1) is 9.82 Å². The maximum Gasteiger partial charge on any atom is 0.284 e. The zero-order chi connectivity index (χ0) is 19.4. The lowest BCUT2D eigenvalue weighted by molar-refractivity contribution is -0.387. The smallest absolute Gasteiger partial charge is 0.284 e. The van der Waals surface area contributed by atoms with Crippen molar-refractivity contribution in [3.8, 4) is 0 Å². The van der Waals surface area contributed by atoms with E-state index in [1.165, 1.54) is 17.8 Å². The zero-order valence-electron chi connectivity index (χ0n) is 15.5. The number of benzene rings is 2. The third-order valence-electron chi connectivity index (χ3n) is 4.84. The van der Waals surface area contributed by atoms with Gasteiger partial charge in [0, 0.05) is 35.7 Å². The van der Waals surface area contributed by atoms with Gasteiger partial charge in [0.25, 0.3) is 11.6 Å². The van der Waals surface area contributed by atoms with Gasteiger partial charge < -0.3 is 10.2 Å². The predicted molar refractivity (Wildman–Crippen MR) is 106 cm³/mol. The SMILES string of the molecule is CNC1CCN(C(=O)c2ccc(Sc3ccc(C)cc3)c([N+](=O)[O-])c2)CC1. The number of hydrogen-bond donors (Lipinski definition) is 1. The number of piperidine rings is 1. The highest BCUT2D eigenvalue weighted by molar-refractivity contribution is 7.99. The summed E-state index contributed by atoms with van der Waals surface area (Å²) < 4.78 is 0. The topological polar surface area (TPSA) is 75.5 Å². The molecule has 1 aliphatic rings. The fourth-order valence-electron chi connectivity index (χ4n) is 3.17. The van der Waals surface area contributed by atoms with Gasteiger partial charge in [-0.1, -0.05) is 29.5 Å². The van der Waals surface area contributed by atoms with E-state index in [-0.39, 0.29) is 11.6 Å². The molecule has 3 rings (SSSR count). The van der Waals surface area contributed by atoms with Gasteiger partial charge in [0.2, 0.25) is 0 Å². The summed E-state index contributed by atoms with van der Waals surface area (Å²) >= 11 is 1.34. The minimum atomic E-state index is -0.416. The molecule has 1 heterocycles. The van der Waals surface area contributed by atoms with Gasteiger partial charge in [-0.05, 0) is 51.1 Å². The van der Waals surface area contributed by atoms with Crippen molar-refractivity contribution in [2.75, 3.05) is 20.1 Å². The van der Waals surface area contributed by atoms with Crippen LogP contribution in [0, 0.1) is 17.0 Å². The molecule has 7 heteroatoms. The molecule has 0 aliphatic carbocycles. The van der Waals surface area contributed by atoms with Crippen LogP contribution in [-0.2, 0) is 0 Å². The van der Waals surface area contributed by atoms with E-state index in [0.29, 0.717) is 29.6 Å². The minimum Gasteiger partial charge on any atom is -0.339 e. The average Bonchev–Trinajstić information content (AvgIpc) is 2.69. The number of likely N-dealkylation sites (tertiary alicyclic amines) is 1. The number of nitro groups is 1. The van der Waals surface area contributed by atoms with Crippen molar-refractivity contribution in [1.82, 2.24) is 10.2 Å². The Morgan fingerprint density at radius 2 is 1.85 bits per heavy atom. The number of amides is 1. The molecule has 6 nitrogen and oxygen atoms in total. The monoisotopic (exact) mass is 385 g/mol. The lowest BCUT2D eigenvalue weighted by Gasteiger charge is -2.31. The Hall–Kier alpha value is -2.38. The first-order valence-electron chi connectivity index (χ1n) is 8.97. The Labute approximate surface area is 163 Å². The molecule has 27 heavy (non-hydrogen) atoms. The highest BCUT2D eigenvalue weighted by Gasteiger charge is 2.25. The fourth-order valence-corrected chi connectivity index (χ4v) is 4.07. The zero-order valence-corrected chi connectivity index (χ0v) is 16.3. The van der Waals surface area contributed by atoms with Crippen LogP contribution in [0.15, 0.2) is 52.3 Å². The molecule has 1 saturated heterocycles. The van der Waals surface area contributed by atoms with Crippen LogP contribution in [0.1, 0.15) is 28.8 Å². The van der Waals surface area contributed by atoms with Gasteiger partial charge in [-0.2, -0.15) is 0 Å². The largest absolute Gasteiger partial charge is 0.339 e. The quantitative estimate of drug-likeness (QED) is 0.624. The van der Waals surface area contributed by atoms with Crippen LogP contribution in [-0.4, -0.2) is 41.9 Å². The summed E-state index contributed by atoms with van der Waals surface area (Å²) in [5.74, 6) is -0.139. The van der Waals surface area contributed by atoms with E-state index < -0.39 is 4.92 Å². The van der Waals surface area contributed by atoms with Crippen LogP contribution in [0.25, 0.3) is 0 Å². The van der Waals surface area contributed by atoms with Crippen molar-refractivity contribution in [1.29, 1.82) is 0 Å². The van der Waals surface area contributed by atoms with E-state index in [1.54, 1.807) is 17.0 Å². The second kappa shape index (κ2) is 8.54. The molecule has 0 saturated carbocycles. The van der Waals surface area contributed by atoms with Gasteiger partial charge in [0.15, 0.2) is 0 Å². The van der Waals surface area contributed by atoms with Crippen LogP contribution in [0.4, 0.5) is 5.69 Å². The lowest BCUT2D eigenvalue weighted by Crippen LogP contribution is -2.43. The number of aryl methyl sites for hydroxylation is 1. The average molecular weight is 385 g/mol. The molecule has 0 radical (unpaired) electrons. The van der Waals surface area contributed by atoms with Crippen molar-refractivity contribution < 1.29 is 9.72 Å². The van der Waals surface area contributed by atoms with Crippen molar-refractivity contribution in [3.05, 3.63) is 63.7 Å². The molecular weight excluding hydrogens is 362 g/mol. The van der Waals surface area contributed by atoms with Gasteiger partial charge in [0.1, 0.15) is 0 Å². The van der Waals surface area contributed by atoms with Gasteiger partial charge >= 0.3 is 0 Å². The summed E-state index contributed by atoms with van der Waals surface area (Å²) in [4.78, 5) is 27.1. The first-order chi connectivity index (χ1) is 13.0. The molecule has 1 fully saturated rings. The molecule has 0 spiro atoms. The summed E-state index contributed by atoms with van der Waals surface area (Å²) in [6.45, 7) is 3.33. The van der Waals surface area contributed by atoms with Gasteiger partial charge in [-0.15, -0.1) is 0 Å². The maximum atomic E-state index is 12.8. The minimum absolute atomic E-state index is 0.0310. The summed E-state index contributed by atoms with van der Waals surface area (Å²) in [7, 11) is 1.93. The highest BCUT2D eigenvalue weighted by atomic mass is 32.2. The molecule has 1 N–H and O–H groups in total. The Morgan fingerprint density at radius 3 is 2.44 bits per heavy atom. The number of carbonyl (C=O) groups excluding carboxylic acids is 1. The Bertz CT molecular complexity index is 831. The molecule has 0 bridgehead atoms. The van der Waals surface area contributed by atoms with Crippen molar-refractivity contribution in [2.45, 2.75) is 35.6 Å². The van der Waals surface area contributed by atoms with Crippen LogP contribution < -0.4 is 5.32 Å². The molecule has 0 unspecified atom stereocenters. The third kappa shape index (κ3) is 4.67. The molecular formula is C20H23N3O3S. The number of hydrogen-bond acceptors (Lipinski definition) is 5. The molecule has 0 atom stereocenters. The van der Waals surface area contributed by atoms with E-state index in [4.69, 9.17) is 0 Å². The lowest BCUT2D eigenvalue weighted by atomic mass is 10.0. The Kier molecular flexibility index (Phi) is 6.13. The van der Waals surface area contributed by atoms with E-state index in [9.17, 15) is 14.9 Å². The molecule has 2 aromatic carbocycles. The molecule has 1 amide bonds. The Balaban J connectivity index is 1.80. The second-order valence-corrected chi connectivity index (χ2v) is 7.83. The number of nitrogens with zero attached hydrogens (tertiary/aromatic N) is 2. The van der Waals surface area contributed by atoms with Crippen molar-refractivity contribution >= 4 is 23.4 Å². The van der Waals surface area contributed by atoms with Crippen LogP contribution >= 0.6 is 11.8 Å². The summed E-state index contributed by atoms with van der Waals surface area (Å²) in [5, 5.41) is 14.8. The van der Waals surface area contributed by atoms with Crippen LogP contribution in [0.5, 0.6) is 0 Å². The fraction of sp³-hybridized carbons (Fsp3) is 0.350. The second-order valence-electron chi connectivity index (χ2n) is 6.71. The predicted octanol–water partition coefficient (Wildman–Crippen LogP) is 3.88.